The normalized spacial score (nSPS) is 19.9. The van der Waals surface area contributed by atoms with Crippen molar-refractivity contribution in [3.63, 3.8) is 0 Å². The fourth-order valence-corrected chi connectivity index (χ4v) is 6.13. The quantitative estimate of drug-likeness (QED) is 0.571. The van der Waals surface area contributed by atoms with Crippen LogP contribution in [0.3, 0.4) is 0 Å². The molecule has 33 heavy (non-hydrogen) atoms. The number of hydrogen-bond acceptors (Lipinski definition) is 4. The van der Waals surface area contributed by atoms with Crippen LogP contribution in [0.2, 0.25) is 0 Å². The molecule has 0 radical (unpaired) electrons. The number of thiophene rings is 1. The van der Waals surface area contributed by atoms with Crippen LogP contribution in [0.5, 0.6) is 0 Å². The van der Waals surface area contributed by atoms with Crippen LogP contribution in [0.1, 0.15) is 61.6 Å². The number of hydrogen-bond donors (Lipinski definition) is 0. The molecule has 4 rings (SSSR count). The predicted octanol–water partition coefficient (Wildman–Crippen LogP) is 4.58. The van der Waals surface area contributed by atoms with E-state index in [1.165, 1.54) is 16.0 Å². The zero-order chi connectivity index (χ0) is 23.2. The number of benzene rings is 1. The summed E-state index contributed by atoms with van der Waals surface area (Å²) < 4.78 is 0. The fraction of sp³-hybridized carbons (Fsp3) is 0.556. The minimum Gasteiger partial charge on any atom is -0.339 e. The Morgan fingerprint density at radius 1 is 1.00 bits per heavy atom. The van der Waals surface area contributed by atoms with E-state index < -0.39 is 0 Å². The zero-order valence-corrected chi connectivity index (χ0v) is 20.9. The average molecular weight is 468 g/mol. The molecule has 2 aliphatic heterocycles. The van der Waals surface area contributed by atoms with Crippen molar-refractivity contribution < 1.29 is 9.59 Å². The summed E-state index contributed by atoms with van der Waals surface area (Å²) >= 11 is 1.83. The fourth-order valence-electron chi connectivity index (χ4n) is 5.23. The summed E-state index contributed by atoms with van der Waals surface area (Å²) in [6, 6.07) is 12.9. The molecule has 1 aromatic carbocycles. The maximum atomic E-state index is 13.3. The SMILES string of the molecule is CCCC[C@H](CC)C(=O)N1CCN(C(=O)CN2CCc3sccc3[C@H]2c2ccccc2)CC1. The lowest BCUT2D eigenvalue weighted by atomic mass is 9.93. The first-order valence-corrected chi connectivity index (χ1v) is 13.4. The van der Waals surface area contributed by atoms with Crippen molar-refractivity contribution in [2.75, 3.05) is 39.3 Å². The Hall–Kier alpha value is -2.18. The molecule has 0 bridgehead atoms. The van der Waals surface area contributed by atoms with E-state index in [2.05, 4.69) is 54.5 Å². The van der Waals surface area contributed by atoms with Crippen LogP contribution in [-0.2, 0) is 16.0 Å². The number of amides is 2. The van der Waals surface area contributed by atoms with E-state index in [1.807, 2.05) is 27.2 Å². The van der Waals surface area contributed by atoms with Crippen LogP contribution in [0.25, 0.3) is 0 Å². The molecule has 0 spiro atoms. The molecular weight excluding hydrogens is 430 g/mol. The van der Waals surface area contributed by atoms with Gasteiger partial charge in [0.2, 0.25) is 11.8 Å². The molecule has 0 saturated carbocycles. The molecule has 2 amide bonds. The third-order valence-corrected chi connectivity index (χ3v) is 8.21. The van der Waals surface area contributed by atoms with E-state index in [1.54, 1.807) is 0 Å². The summed E-state index contributed by atoms with van der Waals surface area (Å²) in [5.74, 6) is 0.593. The van der Waals surface area contributed by atoms with E-state index in [0.29, 0.717) is 32.7 Å². The lowest BCUT2D eigenvalue weighted by Crippen LogP contribution is -2.54. The second kappa shape index (κ2) is 11.3. The molecule has 1 fully saturated rings. The van der Waals surface area contributed by atoms with Gasteiger partial charge in [-0.15, -0.1) is 11.3 Å². The third kappa shape index (κ3) is 5.49. The molecule has 0 N–H and O–H groups in total. The van der Waals surface area contributed by atoms with Crippen LogP contribution in [0.15, 0.2) is 41.8 Å². The molecule has 1 aromatic heterocycles. The van der Waals surface area contributed by atoms with Crippen LogP contribution in [0.4, 0.5) is 0 Å². The average Bonchev–Trinajstić information content (AvgIpc) is 3.33. The molecule has 3 heterocycles. The summed E-state index contributed by atoms with van der Waals surface area (Å²) in [6.07, 6.45) is 5.11. The zero-order valence-electron chi connectivity index (χ0n) is 20.0. The summed E-state index contributed by atoms with van der Waals surface area (Å²) in [5, 5.41) is 2.17. The first-order chi connectivity index (χ1) is 16.1. The van der Waals surface area contributed by atoms with Gasteiger partial charge in [-0.2, -0.15) is 0 Å². The van der Waals surface area contributed by atoms with Gasteiger partial charge in [0, 0.05) is 43.5 Å². The van der Waals surface area contributed by atoms with Gasteiger partial charge in [0.05, 0.1) is 12.6 Å². The molecule has 2 aliphatic rings. The molecular formula is C27H37N3O2S. The van der Waals surface area contributed by atoms with Gasteiger partial charge in [-0.05, 0) is 41.8 Å². The maximum absolute atomic E-state index is 13.3. The molecule has 0 unspecified atom stereocenters. The molecule has 6 heteroatoms. The Labute approximate surface area is 202 Å². The predicted molar refractivity (Wildman–Crippen MR) is 134 cm³/mol. The largest absolute Gasteiger partial charge is 0.339 e. The number of carbonyl (C=O) groups excluding carboxylic acids is 2. The first kappa shape index (κ1) is 24.0. The molecule has 2 aromatic rings. The topological polar surface area (TPSA) is 43.9 Å². The van der Waals surface area contributed by atoms with Crippen LogP contribution in [0, 0.1) is 5.92 Å². The first-order valence-electron chi connectivity index (χ1n) is 12.5. The van der Waals surface area contributed by atoms with Crippen molar-refractivity contribution in [2.45, 2.75) is 52.0 Å². The van der Waals surface area contributed by atoms with Crippen molar-refractivity contribution in [2.24, 2.45) is 5.92 Å². The Kier molecular flexibility index (Phi) is 8.20. The van der Waals surface area contributed by atoms with E-state index in [-0.39, 0.29) is 23.8 Å². The number of carbonyl (C=O) groups is 2. The number of rotatable bonds is 8. The van der Waals surface area contributed by atoms with Gasteiger partial charge in [-0.1, -0.05) is 57.0 Å². The standard InChI is InChI=1S/C27H37N3O2S/c1-3-5-9-21(4-2)27(32)29-17-15-28(16-18-29)25(31)20-30-14-12-24-23(13-19-33-24)26(30)22-10-7-6-8-11-22/h6-8,10-11,13,19,21,26H,3-5,9,12,14-18,20H2,1-2H3/t21-,26+/m0/s1. The van der Waals surface area contributed by atoms with Gasteiger partial charge in [-0.3, -0.25) is 14.5 Å². The van der Waals surface area contributed by atoms with Crippen molar-refractivity contribution in [1.82, 2.24) is 14.7 Å². The Morgan fingerprint density at radius 3 is 2.42 bits per heavy atom. The second-order valence-corrected chi connectivity index (χ2v) is 10.3. The maximum Gasteiger partial charge on any atom is 0.236 e. The van der Waals surface area contributed by atoms with E-state index in [4.69, 9.17) is 0 Å². The molecule has 0 aliphatic carbocycles. The Bertz CT molecular complexity index is 920. The van der Waals surface area contributed by atoms with E-state index in [9.17, 15) is 9.59 Å². The second-order valence-electron chi connectivity index (χ2n) is 9.29. The third-order valence-electron chi connectivity index (χ3n) is 7.21. The van der Waals surface area contributed by atoms with Crippen LogP contribution >= 0.6 is 11.3 Å². The van der Waals surface area contributed by atoms with Crippen molar-refractivity contribution >= 4 is 23.2 Å². The van der Waals surface area contributed by atoms with Crippen LogP contribution < -0.4 is 0 Å². The lowest BCUT2D eigenvalue weighted by molar-refractivity contribution is -0.143. The van der Waals surface area contributed by atoms with Gasteiger partial charge in [0.15, 0.2) is 0 Å². The van der Waals surface area contributed by atoms with E-state index >= 15 is 0 Å². The minimum absolute atomic E-state index is 0.131. The highest BCUT2D eigenvalue weighted by atomic mass is 32.1. The number of fused-ring (bicyclic) bond motifs is 1. The van der Waals surface area contributed by atoms with Crippen molar-refractivity contribution in [3.05, 3.63) is 57.8 Å². The van der Waals surface area contributed by atoms with Crippen molar-refractivity contribution in [3.8, 4) is 0 Å². The molecule has 5 nitrogen and oxygen atoms in total. The smallest absolute Gasteiger partial charge is 0.236 e. The highest BCUT2D eigenvalue weighted by molar-refractivity contribution is 7.10. The minimum atomic E-state index is 0.131. The van der Waals surface area contributed by atoms with Crippen LogP contribution in [-0.4, -0.2) is 65.8 Å². The van der Waals surface area contributed by atoms with Crippen molar-refractivity contribution in [1.29, 1.82) is 0 Å². The molecule has 2 atom stereocenters. The Balaban J connectivity index is 1.37. The van der Waals surface area contributed by atoms with Gasteiger partial charge in [0.25, 0.3) is 0 Å². The Morgan fingerprint density at radius 2 is 1.73 bits per heavy atom. The van der Waals surface area contributed by atoms with Gasteiger partial charge >= 0.3 is 0 Å². The summed E-state index contributed by atoms with van der Waals surface area (Å²) in [4.78, 5) is 33.9. The van der Waals surface area contributed by atoms with Gasteiger partial charge in [-0.25, -0.2) is 0 Å². The molecule has 1 saturated heterocycles. The van der Waals surface area contributed by atoms with E-state index in [0.717, 1.165) is 38.6 Å². The van der Waals surface area contributed by atoms with Gasteiger partial charge in [0.1, 0.15) is 0 Å². The lowest BCUT2D eigenvalue weighted by Gasteiger charge is -2.39. The monoisotopic (exact) mass is 467 g/mol. The highest BCUT2D eigenvalue weighted by Gasteiger charge is 2.33. The summed E-state index contributed by atoms with van der Waals surface area (Å²) in [7, 11) is 0. The number of piperazine rings is 1. The summed E-state index contributed by atoms with van der Waals surface area (Å²) in [5.41, 5.74) is 2.59. The highest BCUT2D eigenvalue weighted by Crippen LogP contribution is 2.37. The number of nitrogens with zero attached hydrogens (tertiary/aromatic N) is 3. The molecule has 178 valence electrons. The summed E-state index contributed by atoms with van der Waals surface area (Å²) in [6.45, 7) is 8.20. The number of unbranched alkanes of at least 4 members (excludes halogenated alkanes) is 1. The van der Waals surface area contributed by atoms with Gasteiger partial charge < -0.3 is 9.80 Å².